The standard InChI is InChI=1S/C14H18O/c1-2-3-4-5-9-12-14(15)13-10-7-6-8-11-13/h5-11H,2-4,12H2,1H3/b9-5+. The van der Waals surface area contributed by atoms with E-state index in [0.717, 1.165) is 12.0 Å². The van der Waals surface area contributed by atoms with Gasteiger partial charge in [0.1, 0.15) is 0 Å². The molecule has 0 spiro atoms. The number of allylic oxidation sites excluding steroid dienone is 2. The fourth-order valence-electron chi connectivity index (χ4n) is 1.37. The highest BCUT2D eigenvalue weighted by atomic mass is 16.1. The molecule has 0 aliphatic rings. The van der Waals surface area contributed by atoms with Gasteiger partial charge in [0, 0.05) is 12.0 Å². The Morgan fingerprint density at radius 1 is 1.20 bits per heavy atom. The second-order valence-electron chi connectivity index (χ2n) is 3.61. The Morgan fingerprint density at radius 2 is 1.93 bits per heavy atom. The summed E-state index contributed by atoms with van der Waals surface area (Å²) in [5.74, 6) is 0.198. The molecule has 1 nitrogen and oxygen atoms in total. The number of ketones is 1. The SMILES string of the molecule is CCCC/C=C/CC(=O)c1ccccc1. The first-order chi connectivity index (χ1) is 7.34. The van der Waals surface area contributed by atoms with Gasteiger partial charge in [0.15, 0.2) is 5.78 Å². The van der Waals surface area contributed by atoms with Gasteiger partial charge in [0.25, 0.3) is 0 Å². The molecule has 0 atom stereocenters. The van der Waals surface area contributed by atoms with Gasteiger partial charge in [-0.3, -0.25) is 4.79 Å². The first-order valence-electron chi connectivity index (χ1n) is 5.58. The number of carbonyl (C=O) groups is 1. The maximum absolute atomic E-state index is 11.6. The summed E-state index contributed by atoms with van der Waals surface area (Å²) in [4.78, 5) is 11.6. The van der Waals surface area contributed by atoms with Crippen LogP contribution in [0.25, 0.3) is 0 Å². The molecule has 1 aromatic rings. The molecule has 0 aliphatic heterocycles. The molecule has 1 rings (SSSR count). The fraction of sp³-hybridized carbons (Fsp3) is 0.357. The number of carbonyl (C=O) groups excluding carboxylic acids is 1. The predicted octanol–water partition coefficient (Wildman–Crippen LogP) is 4.01. The maximum atomic E-state index is 11.6. The minimum absolute atomic E-state index is 0.198. The molecule has 0 bridgehead atoms. The lowest BCUT2D eigenvalue weighted by atomic mass is 10.1. The first-order valence-corrected chi connectivity index (χ1v) is 5.58. The largest absolute Gasteiger partial charge is 0.294 e. The van der Waals surface area contributed by atoms with Crippen LogP contribution in [0.2, 0.25) is 0 Å². The van der Waals surface area contributed by atoms with Crippen molar-refractivity contribution in [3.63, 3.8) is 0 Å². The highest BCUT2D eigenvalue weighted by Gasteiger charge is 2.00. The van der Waals surface area contributed by atoms with Gasteiger partial charge in [-0.25, -0.2) is 0 Å². The number of unbranched alkanes of at least 4 members (excludes halogenated alkanes) is 2. The molecule has 80 valence electrons. The van der Waals surface area contributed by atoms with Crippen LogP contribution in [0.4, 0.5) is 0 Å². The molecule has 0 fully saturated rings. The third-order valence-corrected chi connectivity index (χ3v) is 2.29. The molecule has 1 aromatic carbocycles. The van der Waals surface area contributed by atoms with E-state index in [1.165, 1.54) is 12.8 Å². The van der Waals surface area contributed by atoms with Crippen LogP contribution >= 0.6 is 0 Å². The molecule has 15 heavy (non-hydrogen) atoms. The molecule has 0 amide bonds. The summed E-state index contributed by atoms with van der Waals surface area (Å²) in [6, 6.07) is 9.44. The van der Waals surface area contributed by atoms with Crippen LogP contribution in [0.15, 0.2) is 42.5 Å². The third kappa shape index (κ3) is 4.59. The minimum Gasteiger partial charge on any atom is -0.294 e. The zero-order valence-electron chi connectivity index (χ0n) is 9.28. The summed E-state index contributed by atoms with van der Waals surface area (Å²) in [5.41, 5.74) is 0.803. The quantitative estimate of drug-likeness (QED) is 0.387. The van der Waals surface area contributed by atoms with E-state index in [1.807, 2.05) is 36.4 Å². The molecule has 0 heterocycles. The van der Waals surface area contributed by atoms with Gasteiger partial charge in [-0.1, -0.05) is 62.2 Å². The molecule has 1 heteroatoms. The Labute approximate surface area is 91.8 Å². The summed E-state index contributed by atoms with van der Waals surface area (Å²) in [7, 11) is 0. The van der Waals surface area contributed by atoms with Crippen molar-refractivity contribution in [1.29, 1.82) is 0 Å². The van der Waals surface area contributed by atoms with E-state index < -0.39 is 0 Å². The van der Waals surface area contributed by atoms with Crippen LogP contribution in [0.5, 0.6) is 0 Å². The van der Waals surface area contributed by atoms with Crippen molar-refractivity contribution in [1.82, 2.24) is 0 Å². The van der Waals surface area contributed by atoms with E-state index in [1.54, 1.807) is 0 Å². The van der Waals surface area contributed by atoms with Gasteiger partial charge < -0.3 is 0 Å². The number of hydrogen-bond donors (Lipinski definition) is 0. The lowest BCUT2D eigenvalue weighted by Crippen LogP contribution is -1.95. The lowest BCUT2D eigenvalue weighted by Gasteiger charge is -1.96. The van der Waals surface area contributed by atoms with Gasteiger partial charge >= 0.3 is 0 Å². The second-order valence-corrected chi connectivity index (χ2v) is 3.61. The van der Waals surface area contributed by atoms with Crippen molar-refractivity contribution < 1.29 is 4.79 Å². The van der Waals surface area contributed by atoms with E-state index >= 15 is 0 Å². The van der Waals surface area contributed by atoms with Crippen molar-refractivity contribution in [2.45, 2.75) is 32.6 Å². The van der Waals surface area contributed by atoms with Gasteiger partial charge in [-0.05, 0) is 6.42 Å². The summed E-state index contributed by atoms with van der Waals surface area (Å²) in [5, 5.41) is 0. The smallest absolute Gasteiger partial charge is 0.166 e. The Balaban J connectivity index is 2.34. The highest BCUT2D eigenvalue weighted by Crippen LogP contribution is 2.04. The van der Waals surface area contributed by atoms with E-state index in [0.29, 0.717) is 6.42 Å². The Hall–Kier alpha value is -1.37. The van der Waals surface area contributed by atoms with E-state index in [9.17, 15) is 4.79 Å². The first kappa shape index (κ1) is 11.7. The van der Waals surface area contributed by atoms with Crippen LogP contribution in [-0.2, 0) is 0 Å². The predicted molar refractivity (Wildman–Crippen MR) is 64.1 cm³/mol. The second kappa shape index (κ2) is 6.99. The molecule has 0 aromatic heterocycles. The molecule has 0 saturated heterocycles. The Morgan fingerprint density at radius 3 is 2.60 bits per heavy atom. The molecule has 0 radical (unpaired) electrons. The number of benzene rings is 1. The number of rotatable bonds is 6. The third-order valence-electron chi connectivity index (χ3n) is 2.29. The Bertz CT molecular complexity index is 311. The fourth-order valence-corrected chi connectivity index (χ4v) is 1.37. The molecule has 0 N–H and O–H groups in total. The van der Waals surface area contributed by atoms with Crippen LogP contribution in [0.1, 0.15) is 43.0 Å². The average molecular weight is 202 g/mol. The summed E-state index contributed by atoms with van der Waals surface area (Å²) in [6.45, 7) is 2.17. The van der Waals surface area contributed by atoms with Crippen LogP contribution < -0.4 is 0 Å². The molecule has 0 aliphatic carbocycles. The van der Waals surface area contributed by atoms with Crippen molar-refractivity contribution in [3.05, 3.63) is 48.0 Å². The zero-order chi connectivity index (χ0) is 10.9. The molecule has 0 saturated carbocycles. The normalized spacial score (nSPS) is 10.7. The van der Waals surface area contributed by atoms with Gasteiger partial charge in [0.05, 0.1) is 0 Å². The monoisotopic (exact) mass is 202 g/mol. The van der Waals surface area contributed by atoms with Gasteiger partial charge in [-0.15, -0.1) is 0 Å². The molecule has 0 unspecified atom stereocenters. The van der Waals surface area contributed by atoms with E-state index in [2.05, 4.69) is 13.0 Å². The zero-order valence-corrected chi connectivity index (χ0v) is 9.28. The van der Waals surface area contributed by atoms with Crippen molar-refractivity contribution >= 4 is 5.78 Å². The van der Waals surface area contributed by atoms with Gasteiger partial charge in [0.2, 0.25) is 0 Å². The lowest BCUT2D eigenvalue weighted by molar-refractivity contribution is 0.0996. The average Bonchev–Trinajstić information content (AvgIpc) is 2.30. The van der Waals surface area contributed by atoms with Gasteiger partial charge in [-0.2, -0.15) is 0 Å². The van der Waals surface area contributed by atoms with Crippen LogP contribution in [0, 0.1) is 0 Å². The highest BCUT2D eigenvalue weighted by molar-refractivity contribution is 5.96. The summed E-state index contributed by atoms with van der Waals surface area (Å²) in [6.07, 6.45) is 8.09. The van der Waals surface area contributed by atoms with Crippen LogP contribution in [-0.4, -0.2) is 5.78 Å². The number of hydrogen-bond acceptors (Lipinski definition) is 1. The molecular weight excluding hydrogens is 184 g/mol. The molecular formula is C14H18O. The van der Waals surface area contributed by atoms with E-state index in [4.69, 9.17) is 0 Å². The Kier molecular flexibility index (Phi) is 5.46. The topological polar surface area (TPSA) is 17.1 Å². The van der Waals surface area contributed by atoms with Crippen molar-refractivity contribution in [2.75, 3.05) is 0 Å². The van der Waals surface area contributed by atoms with Crippen LogP contribution in [0.3, 0.4) is 0 Å². The van der Waals surface area contributed by atoms with Crippen molar-refractivity contribution in [3.8, 4) is 0 Å². The summed E-state index contributed by atoms with van der Waals surface area (Å²) < 4.78 is 0. The minimum atomic E-state index is 0.198. The summed E-state index contributed by atoms with van der Waals surface area (Å²) >= 11 is 0. The van der Waals surface area contributed by atoms with Crippen molar-refractivity contribution in [2.24, 2.45) is 0 Å². The maximum Gasteiger partial charge on any atom is 0.166 e. The van der Waals surface area contributed by atoms with E-state index in [-0.39, 0.29) is 5.78 Å². The number of Topliss-reactive ketones (excluding diaryl/α,β-unsaturated/α-hetero) is 1.